The van der Waals surface area contributed by atoms with Crippen LogP contribution in [0.4, 0.5) is 0 Å². The van der Waals surface area contributed by atoms with E-state index >= 15 is 0 Å². The van der Waals surface area contributed by atoms with Crippen molar-refractivity contribution in [3.8, 4) is 11.5 Å². The largest absolute Gasteiger partial charge is 0.490 e. The number of aliphatic hydroxyl groups excluding tert-OH is 1. The second-order valence-electron chi connectivity index (χ2n) is 4.86. The summed E-state index contributed by atoms with van der Waals surface area (Å²) < 4.78 is 16.4. The highest BCUT2D eigenvalue weighted by Gasteiger charge is 2.15. The molecule has 0 bridgehead atoms. The van der Waals surface area contributed by atoms with Gasteiger partial charge in [-0.15, -0.1) is 0 Å². The molecule has 0 amide bonds. The van der Waals surface area contributed by atoms with Crippen molar-refractivity contribution in [1.29, 1.82) is 0 Å². The summed E-state index contributed by atoms with van der Waals surface area (Å²) in [4.78, 5) is 0. The minimum absolute atomic E-state index is 0.619. The molecule has 0 spiro atoms. The van der Waals surface area contributed by atoms with Gasteiger partial charge in [0.25, 0.3) is 0 Å². The van der Waals surface area contributed by atoms with E-state index in [0.717, 1.165) is 24.0 Å². The standard InChI is InChI=1S/C17H22O4/c1-3-8-20-15-6-5-13(11-16(15)21-9-4-2)17(18)14-7-10-19-12-14/h5-7,10-12,17-18H,3-4,8-9H2,1-2H3. The number of hydrogen-bond donors (Lipinski definition) is 1. The third-order valence-electron chi connectivity index (χ3n) is 3.07. The zero-order chi connectivity index (χ0) is 15.1. The molecule has 114 valence electrons. The van der Waals surface area contributed by atoms with Gasteiger partial charge >= 0.3 is 0 Å². The van der Waals surface area contributed by atoms with Gasteiger partial charge in [0.1, 0.15) is 6.10 Å². The first-order valence-electron chi connectivity index (χ1n) is 7.36. The predicted octanol–water partition coefficient (Wildman–Crippen LogP) is 3.94. The Morgan fingerprint density at radius 2 is 1.71 bits per heavy atom. The molecule has 4 heteroatoms. The first kappa shape index (κ1) is 15.4. The molecule has 0 radical (unpaired) electrons. The van der Waals surface area contributed by atoms with Crippen LogP contribution in [0.5, 0.6) is 11.5 Å². The van der Waals surface area contributed by atoms with Crippen molar-refractivity contribution in [2.75, 3.05) is 13.2 Å². The predicted molar refractivity (Wildman–Crippen MR) is 80.8 cm³/mol. The number of hydrogen-bond acceptors (Lipinski definition) is 4. The molecule has 0 saturated carbocycles. The molecule has 0 aliphatic carbocycles. The van der Waals surface area contributed by atoms with E-state index in [1.165, 1.54) is 0 Å². The summed E-state index contributed by atoms with van der Waals surface area (Å²) in [5.41, 5.74) is 1.48. The lowest BCUT2D eigenvalue weighted by Gasteiger charge is -2.15. The van der Waals surface area contributed by atoms with Crippen LogP contribution in [0.2, 0.25) is 0 Å². The van der Waals surface area contributed by atoms with Crippen LogP contribution in [0, 0.1) is 0 Å². The van der Waals surface area contributed by atoms with Gasteiger partial charge in [-0.2, -0.15) is 0 Å². The SMILES string of the molecule is CCCOc1ccc(C(O)c2ccoc2)cc1OCCC. The molecule has 4 nitrogen and oxygen atoms in total. The molecule has 21 heavy (non-hydrogen) atoms. The fourth-order valence-electron chi connectivity index (χ4n) is 1.97. The maximum Gasteiger partial charge on any atom is 0.161 e. The average Bonchev–Trinajstić information content (AvgIpc) is 3.04. The molecular weight excluding hydrogens is 268 g/mol. The Kier molecular flexibility index (Phi) is 5.69. The number of benzene rings is 1. The Hall–Kier alpha value is -1.94. The highest BCUT2D eigenvalue weighted by molar-refractivity contribution is 5.45. The number of ether oxygens (including phenoxy) is 2. The lowest BCUT2D eigenvalue weighted by atomic mass is 10.0. The van der Waals surface area contributed by atoms with E-state index in [1.54, 1.807) is 18.6 Å². The molecule has 1 atom stereocenters. The van der Waals surface area contributed by atoms with Crippen LogP contribution < -0.4 is 9.47 Å². The van der Waals surface area contributed by atoms with E-state index in [2.05, 4.69) is 13.8 Å². The van der Waals surface area contributed by atoms with Crippen LogP contribution in [-0.2, 0) is 0 Å². The van der Waals surface area contributed by atoms with Crippen molar-refractivity contribution in [2.45, 2.75) is 32.8 Å². The van der Waals surface area contributed by atoms with Gasteiger partial charge in [0.15, 0.2) is 11.5 Å². The Labute approximate surface area is 125 Å². The fraction of sp³-hybridized carbons (Fsp3) is 0.412. The number of aliphatic hydroxyl groups is 1. The molecule has 0 saturated heterocycles. The Balaban J connectivity index is 2.22. The quantitative estimate of drug-likeness (QED) is 0.800. The Bertz CT molecular complexity index is 534. The smallest absolute Gasteiger partial charge is 0.161 e. The Morgan fingerprint density at radius 1 is 1.00 bits per heavy atom. The van der Waals surface area contributed by atoms with Gasteiger partial charge in [0.05, 0.1) is 25.7 Å². The summed E-state index contributed by atoms with van der Waals surface area (Å²) in [7, 11) is 0. The lowest BCUT2D eigenvalue weighted by molar-refractivity contribution is 0.217. The van der Waals surface area contributed by atoms with Gasteiger partial charge in [0.2, 0.25) is 0 Å². The first-order chi connectivity index (χ1) is 10.3. The number of rotatable bonds is 8. The van der Waals surface area contributed by atoms with Crippen molar-refractivity contribution in [1.82, 2.24) is 0 Å². The molecule has 0 aliphatic heterocycles. The first-order valence-corrected chi connectivity index (χ1v) is 7.36. The van der Waals surface area contributed by atoms with Crippen molar-refractivity contribution in [3.05, 3.63) is 47.9 Å². The maximum atomic E-state index is 10.3. The van der Waals surface area contributed by atoms with Crippen molar-refractivity contribution in [3.63, 3.8) is 0 Å². The van der Waals surface area contributed by atoms with E-state index in [1.807, 2.05) is 18.2 Å². The van der Waals surface area contributed by atoms with E-state index in [4.69, 9.17) is 13.9 Å². The Morgan fingerprint density at radius 3 is 2.33 bits per heavy atom. The minimum Gasteiger partial charge on any atom is -0.490 e. The highest BCUT2D eigenvalue weighted by atomic mass is 16.5. The molecule has 1 heterocycles. The van der Waals surface area contributed by atoms with Crippen LogP contribution in [0.3, 0.4) is 0 Å². The molecule has 1 unspecified atom stereocenters. The monoisotopic (exact) mass is 290 g/mol. The van der Waals surface area contributed by atoms with Crippen LogP contribution in [0.15, 0.2) is 41.2 Å². The third kappa shape index (κ3) is 4.02. The second kappa shape index (κ2) is 7.74. The molecule has 1 aromatic heterocycles. The van der Waals surface area contributed by atoms with Crippen LogP contribution >= 0.6 is 0 Å². The zero-order valence-electron chi connectivity index (χ0n) is 12.5. The second-order valence-corrected chi connectivity index (χ2v) is 4.86. The van der Waals surface area contributed by atoms with Crippen molar-refractivity contribution >= 4 is 0 Å². The van der Waals surface area contributed by atoms with E-state index in [-0.39, 0.29) is 0 Å². The molecule has 0 fully saturated rings. The maximum absolute atomic E-state index is 10.3. The van der Waals surface area contributed by atoms with Crippen LogP contribution in [0.1, 0.15) is 43.9 Å². The van der Waals surface area contributed by atoms with Gasteiger partial charge in [-0.05, 0) is 36.6 Å². The van der Waals surface area contributed by atoms with E-state index < -0.39 is 6.10 Å². The summed E-state index contributed by atoms with van der Waals surface area (Å²) >= 11 is 0. The van der Waals surface area contributed by atoms with Gasteiger partial charge in [-0.25, -0.2) is 0 Å². The van der Waals surface area contributed by atoms with Crippen LogP contribution in [-0.4, -0.2) is 18.3 Å². The normalized spacial score (nSPS) is 12.1. The van der Waals surface area contributed by atoms with Crippen LogP contribution in [0.25, 0.3) is 0 Å². The summed E-state index contributed by atoms with van der Waals surface area (Å²) in [6.45, 7) is 5.38. The molecular formula is C17H22O4. The van der Waals surface area contributed by atoms with Gasteiger partial charge in [-0.1, -0.05) is 19.9 Å². The zero-order valence-corrected chi connectivity index (χ0v) is 12.5. The van der Waals surface area contributed by atoms with Gasteiger partial charge in [-0.3, -0.25) is 0 Å². The average molecular weight is 290 g/mol. The molecule has 2 rings (SSSR count). The lowest BCUT2D eigenvalue weighted by Crippen LogP contribution is -2.04. The van der Waals surface area contributed by atoms with Gasteiger partial charge in [0, 0.05) is 5.56 Å². The minimum atomic E-state index is -0.729. The molecule has 1 N–H and O–H groups in total. The summed E-state index contributed by atoms with van der Waals surface area (Å²) in [5.74, 6) is 1.39. The van der Waals surface area contributed by atoms with Gasteiger partial charge < -0.3 is 19.0 Å². The third-order valence-corrected chi connectivity index (χ3v) is 3.07. The molecule has 0 aliphatic rings. The molecule has 2 aromatic rings. The highest BCUT2D eigenvalue weighted by Crippen LogP contribution is 2.33. The summed E-state index contributed by atoms with van der Waals surface area (Å²) in [6.07, 6.45) is 4.21. The summed E-state index contributed by atoms with van der Waals surface area (Å²) in [5, 5.41) is 10.3. The summed E-state index contributed by atoms with van der Waals surface area (Å²) in [6, 6.07) is 7.28. The fourth-order valence-corrected chi connectivity index (χ4v) is 1.97. The van der Waals surface area contributed by atoms with E-state index in [0.29, 0.717) is 24.7 Å². The topological polar surface area (TPSA) is 51.8 Å². The molecule has 1 aromatic carbocycles. The van der Waals surface area contributed by atoms with Crippen molar-refractivity contribution < 1.29 is 19.0 Å². The van der Waals surface area contributed by atoms with E-state index in [9.17, 15) is 5.11 Å². The number of furan rings is 1. The van der Waals surface area contributed by atoms with Crippen molar-refractivity contribution in [2.24, 2.45) is 0 Å².